The molecule has 0 bridgehead atoms. The van der Waals surface area contributed by atoms with Crippen LogP contribution in [0.3, 0.4) is 0 Å². The van der Waals surface area contributed by atoms with Gasteiger partial charge < -0.3 is 19.3 Å². The molecule has 1 aliphatic carbocycles. The standard InChI is InChI=1S/C24H26N2O5/c1-14-10-21(15(2)9-19(14)26(24(27)28)13-16-5-6-16)31-20-7-8-25-18-12-23(30-4)22(29-3)11-17(18)20/h7-12,16H,5-6,13H2,1-4H3,(H,27,28). The van der Waals surface area contributed by atoms with Crippen LogP contribution in [0.15, 0.2) is 36.5 Å². The van der Waals surface area contributed by atoms with Gasteiger partial charge in [-0.3, -0.25) is 9.88 Å². The van der Waals surface area contributed by atoms with Gasteiger partial charge in [0.05, 0.1) is 25.4 Å². The summed E-state index contributed by atoms with van der Waals surface area (Å²) in [6.45, 7) is 4.36. The van der Waals surface area contributed by atoms with Gasteiger partial charge in [0.25, 0.3) is 0 Å². The molecule has 0 unspecified atom stereocenters. The zero-order valence-electron chi connectivity index (χ0n) is 18.1. The summed E-state index contributed by atoms with van der Waals surface area (Å²) in [7, 11) is 3.17. The second-order valence-corrected chi connectivity index (χ2v) is 7.88. The van der Waals surface area contributed by atoms with E-state index in [1.807, 2.05) is 38.1 Å². The molecule has 0 radical (unpaired) electrons. The second-order valence-electron chi connectivity index (χ2n) is 7.88. The predicted molar refractivity (Wildman–Crippen MR) is 119 cm³/mol. The SMILES string of the molecule is COc1cc2nccc(Oc3cc(C)c(N(CC4CC4)C(=O)O)cc3C)c2cc1OC. The highest BCUT2D eigenvalue weighted by atomic mass is 16.5. The van der Waals surface area contributed by atoms with Crippen LogP contribution in [0.5, 0.6) is 23.0 Å². The Morgan fingerprint density at radius 2 is 1.74 bits per heavy atom. The maximum Gasteiger partial charge on any atom is 0.411 e. The van der Waals surface area contributed by atoms with Crippen LogP contribution in [-0.4, -0.2) is 36.9 Å². The molecule has 0 aliphatic heterocycles. The first-order chi connectivity index (χ1) is 14.9. The first kappa shape index (κ1) is 20.8. The number of rotatable bonds is 7. The van der Waals surface area contributed by atoms with Crippen LogP contribution in [0.2, 0.25) is 0 Å². The minimum absolute atomic E-state index is 0.460. The molecule has 7 nitrogen and oxygen atoms in total. The number of fused-ring (bicyclic) bond motifs is 1. The fourth-order valence-electron chi connectivity index (χ4n) is 3.67. The number of carboxylic acid groups (broad SMARTS) is 1. The number of pyridine rings is 1. The molecule has 0 spiro atoms. The third-order valence-corrected chi connectivity index (χ3v) is 5.58. The van der Waals surface area contributed by atoms with Crippen molar-refractivity contribution in [1.29, 1.82) is 0 Å². The number of carbonyl (C=O) groups is 1. The largest absolute Gasteiger partial charge is 0.493 e. The number of hydrogen-bond acceptors (Lipinski definition) is 5. The number of benzene rings is 2. The molecule has 0 saturated heterocycles. The quantitative estimate of drug-likeness (QED) is 0.537. The van der Waals surface area contributed by atoms with E-state index >= 15 is 0 Å². The maximum absolute atomic E-state index is 11.8. The van der Waals surface area contributed by atoms with Crippen molar-refractivity contribution in [2.75, 3.05) is 25.7 Å². The molecule has 3 aromatic rings. The normalized spacial score (nSPS) is 13.2. The predicted octanol–water partition coefficient (Wildman–Crippen LogP) is 5.56. The Morgan fingerprint density at radius 1 is 1.03 bits per heavy atom. The van der Waals surface area contributed by atoms with Crippen LogP contribution in [-0.2, 0) is 0 Å². The Bertz CT molecular complexity index is 1140. The highest BCUT2D eigenvalue weighted by Gasteiger charge is 2.28. The van der Waals surface area contributed by atoms with Crippen LogP contribution >= 0.6 is 0 Å². The van der Waals surface area contributed by atoms with E-state index < -0.39 is 6.09 Å². The summed E-state index contributed by atoms with van der Waals surface area (Å²) in [5.74, 6) is 2.95. The van der Waals surface area contributed by atoms with E-state index in [1.54, 1.807) is 26.5 Å². The molecule has 7 heteroatoms. The molecule has 0 atom stereocenters. The molecule has 1 amide bonds. The van der Waals surface area contributed by atoms with Crippen molar-refractivity contribution >= 4 is 22.7 Å². The van der Waals surface area contributed by atoms with E-state index in [-0.39, 0.29) is 0 Å². The summed E-state index contributed by atoms with van der Waals surface area (Å²) < 4.78 is 17.1. The van der Waals surface area contributed by atoms with Gasteiger partial charge in [0.15, 0.2) is 11.5 Å². The lowest BCUT2D eigenvalue weighted by atomic mass is 10.1. The van der Waals surface area contributed by atoms with Gasteiger partial charge in [0, 0.05) is 24.2 Å². The van der Waals surface area contributed by atoms with Gasteiger partial charge in [-0.1, -0.05) is 0 Å². The average molecular weight is 422 g/mol. The minimum atomic E-state index is -0.927. The molecule has 1 aromatic heterocycles. The zero-order valence-corrected chi connectivity index (χ0v) is 18.1. The van der Waals surface area contributed by atoms with E-state index in [1.165, 1.54) is 4.90 Å². The number of hydrogen-bond donors (Lipinski definition) is 1. The smallest absolute Gasteiger partial charge is 0.411 e. The van der Waals surface area contributed by atoms with Gasteiger partial charge >= 0.3 is 6.09 Å². The Morgan fingerprint density at radius 3 is 2.39 bits per heavy atom. The number of methoxy groups -OCH3 is 2. The molecule has 1 saturated carbocycles. The Labute approximate surface area is 181 Å². The van der Waals surface area contributed by atoms with Crippen LogP contribution < -0.4 is 19.1 Å². The molecule has 1 aliphatic rings. The highest BCUT2D eigenvalue weighted by molar-refractivity contribution is 5.89. The molecular formula is C24H26N2O5. The summed E-state index contributed by atoms with van der Waals surface area (Å²) in [6, 6.07) is 9.22. The monoisotopic (exact) mass is 422 g/mol. The first-order valence-electron chi connectivity index (χ1n) is 10.2. The van der Waals surface area contributed by atoms with Gasteiger partial charge in [0.1, 0.15) is 11.5 Å². The number of aromatic nitrogens is 1. The van der Waals surface area contributed by atoms with Gasteiger partial charge in [-0.25, -0.2) is 4.79 Å². The number of amides is 1. The van der Waals surface area contributed by atoms with Gasteiger partial charge in [-0.05, 0) is 68.0 Å². The molecular weight excluding hydrogens is 396 g/mol. The number of anilines is 1. The van der Waals surface area contributed by atoms with Crippen molar-refractivity contribution in [2.45, 2.75) is 26.7 Å². The van der Waals surface area contributed by atoms with Crippen molar-refractivity contribution in [2.24, 2.45) is 5.92 Å². The van der Waals surface area contributed by atoms with E-state index in [0.29, 0.717) is 41.1 Å². The molecule has 4 rings (SSSR count). The fraction of sp³-hybridized carbons (Fsp3) is 0.333. The van der Waals surface area contributed by atoms with E-state index in [9.17, 15) is 9.90 Å². The lowest BCUT2D eigenvalue weighted by Crippen LogP contribution is -2.32. The van der Waals surface area contributed by atoms with Gasteiger partial charge in [-0.15, -0.1) is 0 Å². The van der Waals surface area contributed by atoms with Crippen LogP contribution in [0.1, 0.15) is 24.0 Å². The van der Waals surface area contributed by atoms with Gasteiger partial charge in [0.2, 0.25) is 0 Å². The van der Waals surface area contributed by atoms with Crippen LogP contribution in [0.25, 0.3) is 10.9 Å². The zero-order chi connectivity index (χ0) is 22.1. The summed E-state index contributed by atoms with van der Waals surface area (Å²) in [5.41, 5.74) is 3.13. The van der Waals surface area contributed by atoms with Crippen molar-refractivity contribution in [3.63, 3.8) is 0 Å². The number of aryl methyl sites for hydroxylation is 2. The van der Waals surface area contributed by atoms with Crippen molar-refractivity contribution in [3.8, 4) is 23.0 Å². The topological polar surface area (TPSA) is 81.1 Å². The maximum atomic E-state index is 11.8. The van der Waals surface area contributed by atoms with Crippen molar-refractivity contribution < 1.29 is 24.1 Å². The minimum Gasteiger partial charge on any atom is -0.493 e. The highest BCUT2D eigenvalue weighted by Crippen LogP contribution is 2.39. The summed E-state index contributed by atoms with van der Waals surface area (Å²) in [6.07, 6.45) is 2.94. The van der Waals surface area contributed by atoms with Crippen molar-refractivity contribution in [3.05, 3.63) is 47.7 Å². The summed E-state index contributed by atoms with van der Waals surface area (Å²) in [4.78, 5) is 17.7. The summed E-state index contributed by atoms with van der Waals surface area (Å²) >= 11 is 0. The van der Waals surface area contributed by atoms with E-state index in [4.69, 9.17) is 14.2 Å². The fourth-order valence-corrected chi connectivity index (χ4v) is 3.67. The molecule has 1 fully saturated rings. The average Bonchev–Trinajstić information content (AvgIpc) is 3.58. The van der Waals surface area contributed by atoms with Crippen molar-refractivity contribution in [1.82, 2.24) is 4.98 Å². The molecule has 2 aromatic carbocycles. The number of ether oxygens (including phenoxy) is 3. The second kappa shape index (κ2) is 8.34. The number of nitrogens with zero attached hydrogens (tertiary/aromatic N) is 2. The van der Waals surface area contributed by atoms with Gasteiger partial charge in [-0.2, -0.15) is 0 Å². The molecule has 1 N–H and O–H groups in total. The first-order valence-corrected chi connectivity index (χ1v) is 10.2. The van der Waals surface area contributed by atoms with Crippen LogP contribution in [0.4, 0.5) is 10.5 Å². The third kappa shape index (κ3) is 4.21. The molecule has 162 valence electrons. The third-order valence-electron chi connectivity index (χ3n) is 5.58. The molecule has 1 heterocycles. The van der Waals surface area contributed by atoms with E-state index in [0.717, 1.165) is 34.9 Å². The molecule has 31 heavy (non-hydrogen) atoms. The summed E-state index contributed by atoms with van der Waals surface area (Å²) in [5, 5.41) is 10.5. The Balaban J connectivity index is 1.70. The lowest BCUT2D eigenvalue weighted by molar-refractivity contribution is 0.201. The van der Waals surface area contributed by atoms with E-state index in [2.05, 4.69) is 4.98 Å². The van der Waals surface area contributed by atoms with Crippen LogP contribution in [0, 0.1) is 19.8 Å². The Hall–Kier alpha value is -3.48. The lowest BCUT2D eigenvalue weighted by Gasteiger charge is -2.23. The Kier molecular flexibility index (Phi) is 5.59.